The van der Waals surface area contributed by atoms with Crippen LogP contribution in [0.5, 0.6) is 11.5 Å². The van der Waals surface area contributed by atoms with E-state index in [1.165, 1.54) is 7.11 Å². The molecule has 0 aromatic heterocycles. The van der Waals surface area contributed by atoms with Crippen LogP contribution in [-0.4, -0.2) is 25.4 Å². The second-order valence-corrected chi connectivity index (χ2v) is 9.82. The maximum Gasteiger partial charge on any atom is 0.262 e. The number of nitrogens with zero attached hydrogens (tertiary/aromatic N) is 1. The lowest BCUT2D eigenvalue weighted by Gasteiger charge is -2.37. The summed E-state index contributed by atoms with van der Waals surface area (Å²) >= 11 is 0. The molecule has 1 heterocycles. The van der Waals surface area contributed by atoms with E-state index < -0.39 is 5.92 Å². The van der Waals surface area contributed by atoms with Gasteiger partial charge in [-0.25, -0.2) is 0 Å². The normalized spacial score (nSPS) is 18.6. The zero-order valence-electron chi connectivity index (χ0n) is 20.8. The topological polar surface area (TPSA) is 124 Å². The molecule has 0 fully saturated rings. The first-order valence-electron chi connectivity index (χ1n) is 11.6. The second-order valence-electron chi connectivity index (χ2n) is 9.82. The Morgan fingerprint density at radius 2 is 2.00 bits per heavy atom. The molecule has 36 heavy (non-hydrogen) atoms. The van der Waals surface area contributed by atoms with Gasteiger partial charge in [-0.15, -0.1) is 0 Å². The van der Waals surface area contributed by atoms with Crippen molar-refractivity contribution in [3.63, 3.8) is 0 Å². The van der Waals surface area contributed by atoms with Gasteiger partial charge >= 0.3 is 0 Å². The van der Waals surface area contributed by atoms with Crippen LogP contribution >= 0.6 is 0 Å². The molecule has 1 amide bonds. The summed E-state index contributed by atoms with van der Waals surface area (Å²) in [6.07, 6.45) is 0.886. The number of amides is 1. The van der Waals surface area contributed by atoms with Crippen molar-refractivity contribution in [2.45, 2.75) is 39.5 Å². The number of ether oxygens (including phenoxy) is 3. The molecule has 0 saturated carbocycles. The third-order valence-electron chi connectivity index (χ3n) is 6.26. The number of aryl methyl sites for hydroxylation is 1. The Morgan fingerprint density at radius 3 is 2.69 bits per heavy atom. The van der Waals surface area contributed by atoms with Gasteiger partial charge in [0.25, 0.3) is 5.91 Å². The maximum absolute atomic E-state index is 13.2. The summed E-state index contributed by atoms with van der Waals surface area (Å²) in [6, 6.07) is 14.7. The van der Waals surface area contributed by atoms with Crippen molar-refractivity contribution in [2.24, 2.45) is 11.1 Å². The Balaban J connectivity index is 1.59. The number of hydrogen-bond acceptors (Lipinski definition) is 7. The van der Waals surface area contributed by atoms with E-state index >= 15 is 0 Å². The number of carbonyl (C=O) groups is 2. The fourth-order valence-corrected chi connectivity index (χ4v) is 4.66. The number of rotatable bonds is 6. The van der Waals surface area contributed by atoms with Gasteiger partial charge in [-0.1, -0.05) is 32.0 Å². The summed E-state index contributed by atoms with van der Waals surface area (Å²) in [6.45, 7) is 5.71. The molecule has 1 aliphatic carbocycles. The number of benzene rings is 2. The molecule has 2 aliphatic rings. The zero-order chi connectivity index (χ0) is 26.0. The Morgan fingerprint density at radius 1 is 1.22 bits per heavy atom. The summed E-state index contributed by atoms with van der Waals surface area (Å²) in [4.78, 5) is 25.5. The van der Waals surface area contributed by atoms with Gasteiger partial charge in [0.2, 0.25) is 5.88 Å². The van der Waals surface area contributed by atoms with E-state index in [0.29, 0.717) is 46.9 Å². The number of ketones is 1. The van der Waals surface area contributed by atoms with Crippen molar-refractivity contribution in [3.8, 4) is 17.6 Å². The number of anilines is 1. The third kappa shape index (κ3) is 5.05. The number of hydrogen-bond donors (Lipinski definition) is 2. The highest BCUT2D eigenvalue weighted by Gasteiger charge is 2.43. The standard InChI is InChI=1S/C28H29N3O5/c1-16-6-5-7-18(10-16)31-24(33)15-35-21-9-8-17(11-22(21)34-4)25-19(14-29)27(30)36-23-13-28(2,3)12-20(32)26(23)25/h5-11,25H,12-13,15,30H2,1-4H3,(H,31,33)/t25-/m0/s1. The van der Waals surface area contributed by atoms with Gasteiger partial charge in [-0.2, -0.15) is 5.26 Å². The average Bonchev–Trinajstić information content (AvgIpc) is 2.81. The molecule has 3 N–H and O–H groups in total. The van der Waals surface area contributed by atoms with Gasteiger partial charge in [-0.05, 0) is 47.7 Å². The molecule has 1 aliphatic heterocycles. The van der Waals surface area contributed by atoms with Gasteiger partial charge in [0.1, 0.15) is 17.4 Å². The molecule has 1 atom stereocenters. The van der Waals surface area contributed by atoms with Crippen LogP contribution in [0.3, 0.4) is 0 Å². The summed E-state index contributed by atoms with van der Waals surface area (Å²) in [7, 11) is 1.48. The van der Waals surface area contributed by atoms with Crippen molar-refractivity contribution < 1.29 is 23.8 Å². The van der Waals surface area contributed by atoms with Crippen LogP contribution in [0.25, 0.3) is 0 Å². The number of methoxy groups -OCH3 is 1. The van der Waals surface area contributed by atoms with Crippen LogP contribution in [-0.2, 0) is 14.3 Å². The molecule has 8 nitrogen and oxygen atoms in total. The Hall–Kier alpha value is -4.25. The van der Waals surface area contributed by atoms with Gasteiger partial charge < -0.3 is 25.3 Å². The zero-order valence-corrected chi connectivity index (χ0v) is 20.8. The van der Waals surface area contributed by atoms with Crippen LogP contribution in [0.15, 0.2) is 65.3 Å². The first-order chi connectivity index (χ1) is 17.1. The summed E-state index contributed by atoms with van der Waals surface area (Å²) in [5, 5.41) is 12.6. The number of Topliss-reactive ketones (excluding diaryl/α,β-unsaturated/α-hetero) is 1. The molecular weight excluding hydrogens is 458 g/mol. The predicted molar refractivity (Wildman–Crippen MR) is 134 cm³/mol. The van der Waals surface area contributed by atoms with Crippen LogP contribution in [0.1, 0.15) is 43.7 Å². The van der Waals surface area contributed by atoms with E-state index in [1.54, 1.807) is 24.3 Å². The van der Waals surface area contributed by atoms with Crippen molar-refractivity contribution in [3.05, 3.63) is 76.4 Å². The maximum atomic E-state index is 13.2. The summed E-state index contributed by atoms with van der Waals surface area (Å²) < 4.78 is 17.0. The quantitative estimate of drug-likeness (QED) is 0.616. The first kappa shape index (κ1) is 24.9. The van der Waals surface area contributed by atoms with Crippen LogP contribution in [0.2, 0.25) is 0 Å². The lowest BCUT2D eigenvalue weighted by molar-refractivity contribution is -0.119. The van der Waals surface area contributed by atoms with Gasteiger partial charge in [0, 0.05) is 24.1 Å². The monoisotopic (exact) mass is 487 g/mol. The molecule has 0 saturated heterocycles. The fraction of sp³-hybridized carbons (Fsp3) is 0.321. The molecular formula is C28H29N3O5. The van der Waals surface area contributed by atoms with E-state index in [1.807, 2.05) is 39.0 Å². The minimum Gasteiger partial charge on any atom is -0.493 e. The molecule has 0 unspecified atom stereocenters. The third-order valence-corrected chi connectivity index (χ3v) is 6.26. The van der Waals surface area contributed by atoms with E-state index in [0.717, 1.165) is 5.56 Å². The summed E-state index contributed by atoms with van der Waals surface area (Å²) in [5.41, 5.74) is 8.82. The Labute approximate surface area is 210 Å². The largest absolute Gasteiger partial charge is 0.493 e. The van der Waals surface area contributed by atoms with E-state index in [4.69, 9.17) is 19.9 Å². The van der Waals surface area contributed by atoms with Crippen LogP contribution in [0, 0.1) is 23.7 Å². The minimum atomic E-state index is -0.671. The average molecular weight is 488 g/mol. The number of nitrogens with one attached hydrogen (secondary N) is 1. The van der Waals surface area contributed by atoms with Gasteiger partial charge in [-0.3, -0.25) is 9.59 Å². The highest BCUT2D eigenvalue weighted by molar-refractivity contribution is 6.00. The van der Waals surface area contributed by atoms with E-state index in [2.05, 4.69) is 11.4 Å². The second kappa shape index (κ2) is 9.78. The van der Waals surface area contributed by atoms with E-state index in [9.17, 15) is 14.9 Å². The van der Waals surface area contributed by atoms with Gasteiger partial charge in [0.05, 0.1) is 13.0 Å². The molecule has 4 rings (SSSR count). The number of nitrogens with two attached hydrogens (primary N) is 1. The SMILES string of the molecule is COc1cc([C@H]2C(C#N)=C(N)OC3=C2C(=O)CC(C)(C)C3)ccc1OCC(=O)Nc1cccc(C)c1. The van der Waals surface area contributed by atoms with Crippen LogP contribution < -0.4 is 20.5 Å². The minimum absolute atomic E-state index is 0.00105. The molecule has 2 aromatic carbocycles. The Kier molecular flexibility index (Phi) is 6.75. The molecule has 186 valence electrons. The van der Waals surface area contributed by atoms with Crippen LogP contribution in [0.4, 0.5) is 5.69 Å². The highest BCUT2D eigenvalue weighted by Crippen LogP contribution is 2.48. The number of carbonyl (C=O) groups excluding carboxylic acids is 2. The smallest absolute Gasteiger partial charge is 0.262 e. The Bertz CT molecular complexity index is 1330. The lowest BCUT2D eigenvalue weighted by Crippen LogP contribution is -2.33. The highest BCUT2D eigenvalue weighted by atomic mass is 16.5. The molecule has 8 heteroatoms. The number of nitriles is 1. The predicted octanol–water partition coefficient (Wildman–Crippen LogP) is 4.47. The van der Waals surface area contributed by atoms with Crippen molar-refractivity contribution >= 4 is 17.4 Å². The molecule has 0 bridgehead atoms. The molecule has 0 radical (unpaired) electrons. The summed E-state index contributed by atoms with van der Waals surface area (Å²) in [5.74, 6) is 0.165. The fourth-order valence-electron chi connectivity index (χ4n) is 4.66. The number of allylic oxidation sites excluding steroid dienone is 3. The molecule has 0 spiro atoms. The molecule has 2 aromatic rings. The van der Waals surface area contributed by atoms with Gasteiger partial charge in [0.15, 0.2) is 23.9 Å². The van der Waals surface area contributed by atoms with E-state index in [-0.39, 0.29) is 35.2 Å². The van der Waals surface area contributed by atoms with Crippen molar-refractivity contribution in [1.29, 1.82) is 5.26 Å². The first-order valence-corrected chi connectivity index (χ1v) is 11.6. The van der Waals surface area contributed by atoms with Crippen molar-refractivity contribution in [2.75, 3.05) is 19.0 Å². The van der Waals surface area contributed by atoms with Crippen molar-refractivity contribution in [1.82, 2.24) is 0 Å². The lowest BCUT2D eigenvalue weighted by atomic mass is 9.70.